The Labute approximate surface area is 59.6 Å². The van der Waals surface area contributed by atoms with Gasteiger partial charge in [-0.15, -0.1) is 0 Å². The minimum atomic E-state index is -1.43. The number of nitrogens with two attached hydrogens (primary N) is 2. The molecular weight excluding hydrogens is 135 g/mol. The molecule has 0 heterocycles. The zero-order valence-electron chi connectivity index (χ0n) is 5.85. The van der Waals surface area contributed by atoms with Gasteiger partial charge in [-0.25, -0.2) is 0 Å². The average Bonchev–Trinajstić information content (AvgIpc) is 1.88. The molecule has 0 spiro atoms. The quantitative estimate of drug-likeness (QED) is 0.424. The minimum Gasteiger partial charge on any atom is -0.330 e. The maximum Gasteiger partial charge on any atom is 0.318 e. The van der Waals surface area contributed by atoms with Crippen LogP contribution in [0.2, 0.25) is 0 Å². The number of carbonyl (C=O) groups is 1. The third-order valence-electron chi connectivity index (χ3n) is 1.26. The monoisotopic (exact) mass is 148 g/mol. The van der Waals surface area contributed by atoms with E-state index in [1.54, 1.807) is 0 Å². The summed E-state index contributed by atoms with van der Waals surface area (Å²) in [6.07, 6.45) is 1.90. The Hall–Kier alpha value is -0.480. The second-order valence-electron chi connectivity index (χ2n) is 2.20. The van der Waals surface area contributed by atoms with Crippen LogP contribution in [-0.2, 0) is 4.79 Å². The van der Waals surface area contributed by atoms with Crippen molar-refractivity contribution in [3.8, 4) is 0 Å². The first kappa shape index (κ1) is 9.52. The number of hydrogen-bond acceptors (Lipinski definition) is 3. The van der Waals surface area contributed by atoms with Crippen LogP contribution in [0.15, 0.2) is 0 Å². The highest BCUT2D eigenvalue weighted by Crippen LogP contribution is 1.98. The maximum absolute atomic E-state index is 11.7. The first-order valence-electron chi connectivity index (χ1n) is 3.33. The molecule has 0 bridgehead atoms. The summed E-state index contributed by atoms with van der Waals surface area (Å²) in [4.78, 5) is 9.91. The molecule has 0 saturated carbocycles. The molecule has 0 saturated heterocycles. The van der Waals surface area contributed by atoms with E-state index in [1.807, 2.05) is 0 Å². The standard InChI is InChI=1S/C6H13FN2O/c7-6(10)5(9)3-1-2-4-8/h5H,1-4,8-9H2/t5-/m0/s1. The molecule has 0 unspecified atom stereocenters. The van der Waals surface area contributed by atoms with Crippen molar-refractivity contribution in [1.29, 1.82) is 0 Å². The zero-order valence-corrected chi connectivity index (χ0v) is 5.85. The molecule has 1 atom stereocenters. The fourth-order valence-corrected chi connectivity index (χ4v) is 0.622. The van der Waals surface area contributed by atoms with Crippen molar-refractivity contribution in [2.45, 2.75) is 25.3 Å². The van der Waals surface area contributed by atoms with Gasteiger partial charge < -0.3 is 11.5 Å². The SMILES string of the molecule is NCCCC[C@H](N)C(=O)F. The summed E-state index contributed by atoms with van der Waals surface area (Å²) < 4.78 is 11.7. The van der Waals surface area contributed by atoms with E-state index in [1.165, 1.54) is 0 Å². The molecule has 0 aliphatic heterocycles. The summed E-state index contributed by atoms with van der Waals surface area (Å²) in [5.74, 6) is 0. The van der Waals surface area contributed by atoms with Gasteiger partial charge in [0.25, 0.3) is 0 Å². The largest absolute Gasteiger partial charge is 0.330 e. The summed E-state index contributed by atoms with van der Waals surface area (Å²) in [5.41, 5.74) is 10.3. The lowest BCUT2D eigenvalue weighted by Gasteiger charge is -2.02. The van der Waals surface area contributed by atoms with Crippen molar-refractivity contribution in [2.75, 3.05) is 6.54 Å². The van der Waals surface area contributed by atoms with Crippen molar-refractivity contribution >= 4 is 6.04 Å². The Morgan fingerprint density at radius 1 is 1.50 bits per heavy atom. The Morgan fingerprint density at radius 3 is 2.50 bits per heavy atom. The number of unbranched alkanes of at least 4 members (excludes halogenated alkanes) is 1. The minimum absolute atomic E-state index is 0.395. The van der Waals surface area contributed by atoms with E-state index in [-0.39, 0.29) is 0 Å². The molecule has 10 heavy (non-hydrogen) atoms. The van der Waals surface area contributed by atoms with Gasteiger partial charge in [0.05, 0.1) is 6.04 Å². The number of rotatable bonds is 5. The van der Waals surface area contributed by atoms with Gasteiger partial charge in [0, 0.05) is 0 Å². The van der Waals surface area contributed by atoms with E-state index < -0.39 is 12.1 Å². The van der Waals surface area contributed by atoms with E-state index >= 15 is 0 Å². The van der Waals surface area contributed by atoms with Gasteiger partial charge in [-0.05, 0) is 19.4 Å². The second-order valence-corrected chi connectivity index (χ2v) is 2.20. The lowest BCUT2D eigenvalue weighted by atomic mass is 10.1. The van der Waals surface area contributed by atoms with Gasteiger partial charge in [-0.2, -0.15) is 4.39 Å². The summed E-state index contributed by atoms with van der Waals surface area (Å²) in [5, 5.41) is 0. The fraction of sp³-hybridized carbons (Fsp3) is 0.833. The van der Waals surface area contributed by atoms with Crippen LogP contribution >= 0.6 is 0 Å². The summed E-state index contributed by atoms with van der Waals surface area (Å²) in [6, 6.07) is -2.37. The average molecular weight is 148 g/mol. The molecule has 60 valence electrons. The zero-order chi connectivity index (χ0) is 7.98. The number of carbonyl (C=O) groups excluding carboxylic acids is 1. The first-order chi connectivity index (χ1) is 4.68. The fourth-order valence-electron chi connectivity index (χ4n) is 0.622. The molecule has 0 aromatic heterocycles. The van der Waals surface area contributed by atoms with Crippen LogP contribution in [-0.4, -0.2) is 18.6 Å². The van der Waals surface area contributed by atoms with Gasteiger partial charge in [0.2, 0.25) is 0 Å². The van der Waals surface area contributed by atoms with Gasteiger partial charge in [0.15, 0.2) is 0 Å². The van der Waals surface area contributed by atoms with Crippen LogP contribution in [0.1, 0.15) is 19.3 Å². The summed E-state index contributed by atoms with van der Waals surface area (Å²) in [7, 11) is 0. The van der Waals surface area contributed by atoms with Gasteiger partial charge >= 0.3 is 6.04 Å². The van der Waals surface area contributed by atoms with Crippen LogP contribution in [0.4, 0.5) is 4.39 Å². The molecular formula is C6H13FN2O. The van der Waals surface area contributed by atoms with Gasteiger partial charge in [-0.1, -0.05) is 6.42 Å². The van der Waals surface area contributed by atoms with E-state index in [9.17, 15) is 9.18 Å². The molecule has 0 aliphatic rings. The second kappa shape index (κ2) is 5.32. The Kier molecular flexibility index (Phi) is 5.06. The topological polar surface area (TPSA) is 69.1 Å². The predicted molar refractivity (Wildman–Crippen MR) is 37.0 cm³/mol. The lowest BCUT2D eigenvalue weighted by Crippen LogP contribution is -2.27. The predicted octanol–water partition coefficient (Wildman–Crippen LogP) is -0.0612. The van der Waals surface area contributed by atoms with Crippen LogP contribution < -0.4 is 11.5 Å². The Bertz CT molecular complexity index is 108. The highest BCUT2D eigenvalue weighted by molar-refractivity contribution is 5.73. The third-order valence-corrected chi connectivity index (χ3v) is 1.26. The third kappa shape index (κ3) is 4.40. The molecule has 0 aromatic rings. The van der Waals surface area contributed by atoms with Crippen molar-refractivity contribution in [1.82, 2.24) is 0 Å². The molecule has 0 fully saturated rings. The van der Waals surface area contributed by atoms with Crippen molar-refractivity contribution < 1.29 is 9.18 Å². The molecule has 4 N–H and O–H groups in total. The highest BCUT2D eigenvalue weighted by Gasteiger charge is 2.10. The molecule has 0 rings (SSSR count). The van der Waals surface area contributed by atoms with E-state index in [0.717, 1.165) is 6.42 Å². The highest BCUT2D eigenvalue weighted by atomic mass is 19.1. The summed E-state index contributed by atoms with van der Waals surface area (Å²) >= 11 is 0. The van der Waals surface area contributed by atoms with Crippen LogP contribution in [0.3, 0.4) is 0 Å². The Balaban J connectivity index is 3.21. The normalized spacial score (nSPS) is 13.1. The molecule has 0 aliphatic carbocycles. The molecule has 0 amide bonds. The van der Waals surface area contributed by atoms with Crippen molar-refractivity contribution in [3.63, 3.8) is 0 Å². The van der Waals surface area contributed by atoms with E-state index in [4.69, 9.17) is 11.5 Å². The van der Waals surface area contributed by atoms with Gasteiger partial charge in [0.1, 0.15) is 0 Å². The lowest BCUT2D eigenvalue weighted by molar-refractivity contribution is -0.130. The van der Waals surface area contributed by atoms with Crippen molar-refractivity contribution in [2.24, 2.45) is 11.5 Å². The number of halogens is 1. The van der Waals surface area contributed by atoms with E-state index in [0.29, 0.717) is 19.4 Å². The number of hydrogen-bond donors (Lipinski definition) is 2. The van der Waals surface area contributed by atoms with Crippen LogP contribution in [0.5, 0.6) is 0 Å². The first-order valence-corrected chi connectivity index (χ1v) is 3.33. The smallest absolute Gasteiger partial charge is 0.318 e. The Morgan fingerprint density at radius 2 is 2.10 bits per heavy atom. The van der Waals surface area contributed by atoms with Crippen molar-refractivity contribution in [3.05, 3.63) is 0 Å². The summed E-state index contributed by atoms with van der Waals surface area (Å²) in [6.45, 7) is 0.563. The molecule has 0 aromatic carbocycles. The molecule has 0 radical (unpaired) electrons. The van der Waals surface area contributed by atoms with Gasteiger partial charge in [-0.3, -0.25) is 4.79 Å². The maximum atomic E-state index is 11.7. The van der Waals surface area contributed by atoms with Crippen LogP contribution in [0, 0.1) is 0 Å². The van der Waals surface area contributed by atoms with Crippen LogP contribution in [0.25, 0.3) is 0 Å². The molecule has 3 nitrogen and oxygen atoms in total. The van der Waals surface area contributed by atoms with E-state index in [2.05, 4.69) is 0 Å². The molecule has 4 heteroatoms.